The molecule has 0 saturated heterocycles. The average Bonchev–Trinajstić information content (AvgIpc) is 2.17. The molecule has 0 aliphatic heterocycles. The molecular formula is C5H5ClN2O. The molecule has 0 aromatic carbocycles. The summed E-state index contributed by atoms with van der Waals surface area (Å²) in [7, 11) is 0. The van der Waals surface area contributed by atoms with Crippen molar-refractivity contribution in [2.24, 2.45) is 5.73 Å². The van der Waals surface area contributed by atoms with Gasteiger partial charge >= 0.3 is 0 Å². The predicted octanol–water partition coefficient (Wildman–Crippen LogP) is 1.26. The Morgan fingerprint density at radius 3 is 3.00 bits per heavy atom. The molecule has 2 N–H and O–H groups in total. The van der Waals surface area contributed by atoms with Gasteiger partial charge < -0.3 is 10.3 Å². The van der Waals surface area contributed by atoms with Gasteiger partial charge in [-0.25, -0.2) is 0 Å². The van der Waals surface area contributed by atoms with E-state index in [-0.39, 0.29) is 0 Å². The van der Waals surface area contributed by atoms with Crippen LogP contribution in [0.3, 0.4) is 0 Å². The van der Waals surface area contributed by atoms with Gasteiger partial charge in [0.1, 0.15) is 0 Å². The Morgan fingerprint density at radius 2 is 2.56 bits per heavy atom. The Balaban J connectivity index is 2.85. The zero-order valence-electron chi connectivity index (χ0n) is 4.54. The summed E-state index contributed by atoms with van der Waals surface area (Å²) in [5.74, 6) is 0.558. The number of hydrogen-bond donors (Lipinski definition) is 1. The zero-order valence-corrected chi connectivity index (χ0v) is 5.30. The number of hydrogen-bond acceptors (Lipinski definition) is 3. The quantitative estimate of drug-likeness (QED) is 0.646. The van der Waals surface area contributed by atoms with Gasteiger partial charge in [-0.1, -0.05) is 16.8 Å². The highest BCUT2D eigenvalue weighted by atomic mass is 35.5. The van der Waals surface area contributed by atoms with E-state index in [0.717, 1.165) is 0 Å². The van der Waals surface area contributed by atoms with Gasteiger partial charge in [0.15, 0.2) is 10.9 Å². The van der Waals surface area contributed by atoms with Gasteiger partial charge in [0.25, 0.3) is 0 Å². The molecule has 0 unspecified atom stereocenters. The third-order valence-electron chi connectivity index (χ3n) is 0.760. The van der Waals surface area contributed by atoms with Crippen LogP contribution in [-0.4, -0.2) is 5.16 Å². The Bertz CT molecular complexity index is 218. The van der Waals surface area contributed by atoms with E-state index >= 15 is 0 Å². The summed E-state index contributed by atoms with van der Waals surface area (Å²) in [4.78, 5) is 0. The van der Waals surface area contributed by atoms with Crippen molar-refractivity contribution < 1.29 is 4.52 Å². The third-order valence-corrected chi connectivity index (χ3v) is 0.938. The molecule has 0 spiro atoms. The first kappa shape index (κ1) is 6.16. The number of rotatable bonds is 1. The van der Waals surface area contributed by atoms with Crippen LogP contribution in [0.25, 0.3) is 6.08 Å². The Kier molecular flexibility index (Phi) is 1.75. The molecule has 0 aliphatic rings. The minimum absolute atomic E-state index is 0.336. The maximum absolute atomic E-state index is 5.42. The molecule has 1 aromatic heterocycles. The van der Waals surface area contributed by atoms with Crippen LogP contribution in [0.2, 0.25) is 5.15 Å². The van der Waals surface area contributed by atoms with Crippen molar-refractivity contribution in [3.8, 4) is 0 Å². The van der Waals surface area contributed by atoms with Crippen molar-refractivity contribution in [1.82, 2.24) is 5.16 Å². The molecule has 0 radical (unpaired) electrons. The molecule has 9 heavy (non-hydrogen) atoms. The van der Waals surface area contributed by atoms with Gasteiger partial charge in [0.05, 0.1) is 0 Å². The van der Waals surface area contributed by atoms with E-state index < -0.39 is 0 Å². The summed E-state index contributed by atoms with van der Waals surface area (Å²) in [6.45, 7) is 0. The minimum atomic E-state index is 0.336. The monoisotopic (exact) mass is 144 g/mol. The lowest BCUT2D eigenvalue weighted by atomic mass is 10.4. The van der Waals surface area contributed by atoms with E-state index in [1.54, 1.807) is 12.1 Å². The summed E-state index contributed by atoms with van der Waals surface area (Å²) >= 11 is 5.42. The van der Waals surface area contributed by atoms with E-state index in [2.05, 4.69) is 9.68 Å². The molecule has 0 aliphatic carbocycles. The number of nitrogens with two attached hydrogens (primary N) is 1. The van der Waals surface area contributed by atoms with Crippen LogP contribution in [-0.2, 0) is 0 Å². The highest BCUT2D eigenvalue weighted by molar-refractivity contribution is 6.29. The molecule has 0 amide bonds. The largest absolute Gasteiger partial charge is 0.404 e. The van der Waals surface area contributed by atoms with Crippen molar-refractivity contribution in [3.05, 3.63) is 23.2 Å². The fourth-order valence-electron chi connectivity index (χ4n) is 0.440. The van der Waals surface area contributed by atoms with Crippen LogP contribution in [0.1, 0.15) is 5.76 Å². The first-order valence-electron chi connectivity index (χ1n) is 2.33. The molecule has 4 heteroatoms. The van der Waals surface area contributed by atoms with Gasteiger partial charge in [-0.3, -0.25) is 0 Å². The van der Waals surface area contributed by atoms with Crippen LogP contribution in [0, 0.1) is 0 Å². The van der Waals surface area contributed by atoms with E-state index in [9.17, 15) is 0 Å². The van der Waals surface area contributed by atoms with Gasteiger partial charge in [-0.15, -0.1) is 0 Å². The number of halogens is 1. The smallest absolute Gasteiger partial charge is 0.172 e. The molecule has 0 fully saturated rings. The van der Waals surface area contributed by atoms with Crippen LogP contribution >= 0.6 is 11.6 Å². The van der Waals surface area contributed by atoms with Crippen molar-refractivity contribution in [1.29, 1.82) is 0 Å². The summed E-state index contributed by atoms with van der Waals surface area (Å²) < 4.78 is 4.66. The highest BCUT2D eigenvalue weighted by Gasteiger charge is 1.94. The van der Waals surface area contributed by atoms with Crippen LogP contribution < -0.4 is 5.73 Å². The number of aromatic nitrogens is 1. The second kappa shape index (κ2) is 2.55. The molecule has 0 atom stereocenters. The highest BCUT2D eigenvalue weighted by Crippen LogP contribution is 2.08. The summed E-state index contributed by atoms with van der Waals surface area (Å²) in [6.07, 6.45) is 2.93. The van der Waals surface area contributed by atoms with Crippen molar-refractivity contribution in [2.45, 2.75) is 0 Å². The molecule has 1 aromatic rings. The molecule has 0 bridgehead atoms. The van der Waals surface area contributed by atoms with Crippen molar-refractivity contribution in [3.63, 3.8) is 0 Å². The maximum atomic E-state index is 5.42. The van der Waals surface area contributed by atoms with E-state index in [0.29, 0.717) is 10.9 Å². The lowest BCUT2D eigenvalue weighted by molar-refractivity contribution is 0.413. The predicted molar refractivity (Wildman–Crippen MR) is 34.7 cm³/mol. The van der Waals surface area contributed by atoms with Gasteiger partial charge in [-0.05, 0) is 12.3 Å². The number of nitrogens with zero attached hydrogens (tertiary/aromatic N) is 1. The molecular weight excluding hydrogens is 140 g/mol. The van der Waals surface area contributed by atoms with Gasteiger partial charge in [0.2, 0.25) is 0 Å². The van der Waals surface area contributed by atoms with E-state index in [1.807, 2.05) is 0 Å². The molecule has 48 valence electrons. The van der Waals surface area contributed by atoms with Crippen molar-refractivity contribution in [2.75, 3.05) is 0 Å². The summed E-state index contributed by atoms with van der Waals surface area (Å²) in [5, 5.41) is 3.76. The first-order chi connectivity index (χ1) is 4.33. The topological polar surface area (TPSA) is 52.0 Å². The van der Waals surface area contributed by atoms with Gasteiger partial charge in [0, 0.05) is 6.07 Å². The fraction of sp³-hybridized carbons (Fsp3) is 0. The Labute approximate surface area is 57.1 Å². The van der Waals surface area contributed by atoms with Crippen LogP contribution in [0.4, 0.5) is 0 Å². The van der Waals surface area contributed by atoms with Crippen LogP contribution in [0.15, 0.2) is 16.8 Å². The first-order valence-corrected chi connectivity index (χ1v) is 2.71. The van der Waals surface area contributed by atoms with Crippen molar-refractivity contribution >= 4 is 17.7 Å². The molecule has 3 nitrogen and oxygen atoms in total. The molecule has 1 rings (SSSR count). The Morgan fingerprint density at radius 1 is 1.78 bits per heavy atom. The lowest BCUT2D eigenvalue weighted by Gasteiger charge is -1.73. The standard InChI is InChI=1S/C5H5ClN2O/c6-5-3-4(1-2-7)9-8-5/h1-3H,7H2. The van der Waals surface area contributed by atoms with Crippen LogP contribution in [0.5, 0.6) is 0 Å². The normalized spacial score (nSPS) is 10.8. The second-order valence-corrected chi connectivity index (χ2v) is 1.80. The zero-order chi connectivity index (χ0) is 6.69. The fourth-order valence-corrected chi connectivity index (χ4v) is 0.582. The van der Waals surface area contributed by atoms with E-state index in [1.165, 1.54) is 6.20 Å². The maximum Gasteiger partial charge on any atom is 0.172 e. The minimum Gasteiger partial charge on any atom is -0.404 e. The summed E-state index contributed by atoms with van der Waals surface area (Å²) in [6, 6.07) is 1.57. The Hall–Kier alpha value is -0.960. The molecule has 0 saturated carbocycles. The van der Waals surface area contributed by atoms with E-state index in [4.69, 9.17) is 17.3 Å². The lowest BCUT2D eigenvalue weighted by Crippen LogP contribution is -1.73. The SMILES string of the molecule is NC=Cc1cc(Cl)no1. The average molecular weight is 145 g/mol. The summed E-state index contributed by atoms with van der Waals surface area (Å²) in [5.41, 5.74) is 5.06. The second-order valence-electron chi connectivity index (χ2n) is 1.41. The van der Waals surface area contributed by atoms with Gasteiger partial charge in [-0.2, -0.15) is 0 Å². The third kappa shape index (κ3) is 1.47. The molecule has 1 heterocycles.